The number of hydrogen-bond acceptors (Lipinski definition) is 5. The van der Waals surface area contributed by atoms with Crippen molar-refractivity contribution in [1.82, 2.24) is 9.29 Å². The van der Waals surface area contributed by atoms with Crippen LogP contribution >= 0.6 is 11.3 Å². The van der Waals surface area contributed by atoms with Crippen molar-refractivity contribution >= 4 is 21.4 Å². The number of H-pyrrole nitrogens is 1. The number of aromatic nitrogens is 1. The summed E-state index contributed by atoms with van der Waals surface area (Å²) in [6, 6.07) is 0.0579. The number of aryl methyl sites for hydroxylation is 1. The van der Waals surface area contributed by atoms with Crippen molar-refractivity contribution in [3.63, 3.8) is 0 Å². The van der Waals surface area contributed by atoms with E-state index in [1.54, 1.807) is 6.92 Å². The first-order valence-corrected chi connectivity index (χ1v) is 8.57. The Morgan fingerprint density at radius 1 is 1.53 bits per heavy atom. The highest BCUT2D eigenvalue weighted by Gasteiger charge is 2.35. The van der Waals surface area contributed by atoms with Gasteiger partial charge in [0.1, 0.15) is 0 Å². The summed E-state index contributed by atoms with van der Waals surface area (Å²) >= 11 is 0.753. The Morgan fingerprint density at radius 2 is 2.21 bits per heavy atom. The topological polar surface area (TPSA) is 96.3 Å². The largest absolute Gasteiger partial charge is 0.327 e. The predicted octanol–water partition coefficient (Wildman–Crippen LogP) is 0.493. The maximum atomic E-state index is 12.5. The van der Waals surface area contributed by atoms with Gasteiger partial charge in [0.25, 0.3) is 10.0 Å². The van der Waals surface area contributed by atoms with Crippen molar-refractivity contribution in [3.05, 3.63) is 15.4 Å². The lowest BCUT2D eigenvalue weighted by Gasteiger charge is -2.35. The predicted molar refractivity (Wildman–Crippen MR) is 74.8 cm³/mol. The zero-order valence-electron chi connectivity index (χ0n) is 11.0. The van der Waals surface area contributed by atoms with E-state index in [2.05, 4.69) is 4.98 Å². The van der Waals surface area contributed by atoms with E-state index in [1.807, 2.05) is 6.92 Å². The van der Waals surface area contributed by atoms with Crippen LogP contribution in [0.1, 0.15) is 25.5 Å². The molecule has 0 radical (unpaired) electrons. The maximum absolute atomic E-state index is 12.5. The van der Waals surface area contributed by atoms with Gasteiger partial charge in [-0.3, -0.25) is 4.79 Å². The molecule has 2 rings (SSSR count). The molecular weight excluding hydrogens is 286 g/mol. The molecule has 0 saturated carbocycles. The molecule has 19 heavy (non-hydrogen) atoms. The Balaban J connectivity index is 2.30. The standard InChI is InChI=1S/C11H19N3O3S2/c1-3-8-6-14(5-4-9(8)12)19(16,17)10-7(2)13-11(15)18-10/h8-9H,3-6,12H2,1-2H3,(H,13,15). The molecule has 2 unspecified atom stereocenters. The summed E-state index contributed by atoms with van der Waals surface area (Å²) in [5, 5.41) is 0. The zero-order chi connectivity index (χ0) is 14.2. The summed E-state index contributed by atoms with van der Waals surface area (Å²) in [7, 11) is -3.57. The second-order valence-electron chi connectivity index (χ2n) is 4.91. The van der Waals surface area contributed by atoms with Gasteiger partial charge in [0.15, 0.2) is 4.21 Å². The van der Waals surface area contributed by atoms with Crippen molar-refractivity contribution in [1.29, 1.82) is 0 Å². The molecule has 8 heteroatoms. The number of hydrogen-bond donors (Lipinski definition) is 2. The van der Waals surface area contributed by atoms with Crippen molar-refractivity contribution in [3.8, 4) is 0 Å². The smallest absolute Gasteiger partial charge is 0.305 e. The first-order valence-electron chi connectivity index (χ1n) is 6.31. The lowest BCUT2D eigenvalue weighted by molar-refractivity contribution is 0.231. The Labute approximate surface area is 116 Å². The van der Waals surface area contributed by atoms with Crippen LogP contribution < -0.4 is 10.6 Å². The minimum Gasteiger partial charge on any atom is -0.327 e. The van der Waals surface area contributed by atoms with Crippen LogP contribution in [0.2, 0.25) is 0 Å². The van der Waals surface area contributed by atoms with Gasteiger partial charge in [-0.25, -0.2) is 8.42 Å². The van der Waals surface area contributed by atoms with Crippen LogP contribution in [0.25, 0.3) is 0 Å². The van der Waals surface area contributed by atoms with Crippen LogP contribution in [0.5, 0.6) is 0 Å². The van der Waals surface area contributed by atoms with Gasteiger partial charge in [-0.15, -0.1) is 0 Å². The molecule has 1 aliphatic rings. The Morgan fingerprint density at radius 3 is 2.74 bits per heavy atom. The third-order valence-electron chi connectivity index (χ3n) is 3.64. The van der Waals surface area contributed by atoms with Crippen molar-refractivity contribution in [2.24, 2.45) is 11.7 Å². The Hall–Kier alpha value is -0.700. The molecule has 2 atom stereocenters. The first kappa shape index (κ1) is 14.7. The minimum atomic E-state index is -3.57. The highest BCUT2D eigenvalue weighted by Crippen LogP contribution is 2.27. The van der Waals surface area contributed by atoms with Crippen molar-refractivity contribution in [2.75, 3.05) is 13.1 Å². The van der Waals surface area contributed by atoms with Crippen LogP contribution in [0, 0.1) is 12.8 Å². The highest BCUT2D eigenvalue weighted by molar-refractivity contribution is 7.91. The average molecular weight is 305 g/mol. The molecule has 6 nitrogen and oxygen atoms in total. The van der Waals surface area contributed by atoms with Gasteiger partial charge in [-0.1, -0.05) is 24.7 Å². The van der Waals surface area contributed by atoms with Crippen LogP contribution in [-0.2, 0) is 10.0 Å². The summed E-state index contributed by atoms with van der Waals surface area (Å²) < 4.78 is 26.6. The molecule has 0 amide bonds. The van der Waals surface area contributed by atoms with Gasteiger partial charge in [0.05, 0.1) is 0 Å². The Kier molecular flexibility index (Phi) is 4.14. The van der Waals surface area contributed by atoms with Gasteiger partial charge >= 0.3 is 4.87 Å². The van der Waals surface area contributed by atoms with E-state index < -0.39 is 10.0 Å². The van der Waals surface area contributed by atoms with E-state index >= 15 is 0 Å². The summed E-state index contributed by atoms with van der Waals surface area (Å²) in [6.45, 7) is 4.48. The summed E-state index contributed by atoms with van der Waals surface area (Å²) in [5.41, 5.74) is 6.41. The third-order valence-corrected chi connectivity index (χ3v) is 7.08. The molecule has 3 N–H and O–H groups in total. The fourth-order valence-electron chi connectivity index (χ4n) is 2.42. The summed E-state index contributed by atoms with van der Waals surface area (Å²) in [6.07, 6.45) is 1.52. The number of nitrogens with one attached hydrogen (secondary N) is 1. The van der Waals surface area contributed by atoms with Gasteiger partial charge in [0, 0.05) is 24.8 Å². The maximum Gasteiger partial charge on any atom is 0.305 e. The van der Waals surface area contributed by atoms with Gasteiger partial charge < -0.3 is 10.7 Å². The molecule has 0 bridgehead atoms. The average Bonchev–Trinajstić information content (AvgIpc) is 2.69. The van der Waals surface area contributed by atoms with E-state index in [9.17, 15) is 13.2 Å². The summed E-state index contributed by atoms with van der Waals surface area (Å²) in [4.78, 5) is 13.5. The second kappa shape index (κ2) is 5.35. The molecular formula is C11H19N3O3S2. The molecule has 1 aliphatic heterocycles. The Bertz CT molecular complexity index is 605. The van der Waals surface area contributed by atoms with E-state index in [0.717, 1.165) is 17.8 Å². The number of thiazole rings is 1. The number of piperidine rings is 1. The van der Waals surface area contributed by atoms with Gasteiger partial charge in [-0.2, -0.15) is 4.31 Å². The lowest BCUT2D eigenvalue weighted by atomic mass is 9.92. The monoisotopic (exact) mass is 305 g/mol. The first-order chi connectivity index (χ1) is 8.86. The molecule has 108 valence electrons. The number of aromatic amines is 1. The molecule has 1 aromatic rings. The van der Waals surface area contributed by atoms with Crippen LogP contribution in [0.15, 0.2) is 9.00 Å². The summed E-state index contributed by atoms with van der Waals surface area (Å²) in [5.74, 6) is 0.180. The highest BCUT2D eigenvalue weighted by atomic mass is 32.2. The van der Waals surface area contributed by atoms with Crippen molar-refractivity contribution < 1.29 is 8.42 Å². The zero-order valence-corrected chi connectivity index (χ0v) is 12.7. The van der Waals surface area contributed by atoms with E-state index in [0.29, 0.717) is 25.2 Å². The number of nitrogens with two attached hydrogens (primary N) is 1. The van der Waals surface area contributed by atoms with Crippen LogP contribution in [0.3, 0.4) is 0 Å². The fraction of sp³-hybridized carbons (Fsp3) is 0.727. The molecule has 1 aromatic heterocycles. The molecule has 0 aromatic carbocycles. The van der Waals surface area contributed by atoms with Crippen LogP contribution in [-0.4, -0.2) is 36.8 Å². The van der Waals surface area contributed by atoms with E-state index in [-0.39, 0.29) is 21.0 Å². The van der Waals surface area contributed by atoms with Gasteiger partial charge in [0.2, 0.25) is 0 Å². The van der Waals surface area contributed by atoms with Crippen LogP contribution in [0.4, 0.5) is 0 Å². The molecule has 0 spiro atoms. The second-order valence-corrected chi connectivity index (χ2v) is 8.03. The van der Waals surface area contributed by atoms with E-state index in [1.165, 1.54) is 4.31 Å². The minimum absolute atomic E-state index is 0.0579. The molecule has 0 aliphatic carbocycles. The molecule has 2 heterocycles. The van der Waals surface area contributed by atoms with Crippen molar-refractivity contribution in [2.45, 2.75) is 36.9 Å². The number of rotatable bonds is 3. The SMILES string of the molecule is CCC1CN(S(=O)(=O)c2sc(=O)[nH]c2C)CCC1N. The van der Waals surface area contributed by atoms with Gasteiger partial charge in [-0.05, 0) is 19.3 Å². The normalized spacial score (nSPS) is 25.6. The number of sulfonamides is 1. The molecule has 1 fully saturated rings. The van der Waals surface area contributed by atoms with E-state index in [4.69, 9.17) is 5.73 Å². The number of nitrogens with zero attached hydrogens (tertiary/aromatic N) is 1. The lowest BCUT2D eigenvalue weighted by Crippen LogP contribution is -2.48. The third kappa shape index (κ3) is 2.76. The fourth-order valence-corrected chi connectivity index (χ4v) is 5.37. The quantitative estimate of drug-likeness (QED) is 0.849. The molecule has 1 saturated heterocycles.